The molecule has 94 valence electrons. The number of benzene rings is 1. The standard InChI is InChI=1S/C11H13N5O2/c1-7-5-8(3-4-9(7)12)11(17)18-6-10-13-15-16(2)14-10/h3-5H,6,12H2,1-2H3. The van der Waals surface area contributed by atoms with Crippen LogP contribution in [-0.4, -0.2) is 26.2 Å². The summed E-state index contributed by atoms with van der Waals surface area (Å²) in [5, 5.41) is 11.3. The van der Waals surface area contributed by atoms with Crippen molar-refractivity contribution in [3.05, 3.63) is 35.2 Å². The molecule has 0 atom stereocenters. The van der Waals surface area contributed by atoms with E-state index in [4.69, 9.17) is 10.5 Å². The molecule has 0 bridgehead atoms. The molecule has 7 nitrogen and oxygen atoms in total. The number of hydrogen-bond donors (Lipinski definition) is 1. The van der Waals surface area contributed by atoms with Gasteiger partial charge < -0.3 is 10.5 Å². The van der Waals surface area contributed by atoms with Gasteiger partial charge in [0.1, 0.15) is 0 Å². The highest BCUT2D eigenvalue weighted by molar-refractivity contribution is 5.90. The van der Waals surface area contributed by atoms with Crippen LogP contribution in [0.25, 0.3) is 0 Å². The quantitative estimate of drug-likeness (QED) is 0.625. The molecule has 1 aromatic carbocycles. The van der Waals surface area contributed by atoms with Gasteiger partial charge in [0, 0.05) is 5.69 Å². The number of esters is 1. The molecule has 18 heavy (non-hydrogen) atoms. The number of ether oxygens (including phenoxy) is 1. The normalized spacial score (nSPS) is 10.3. The van der Waals surface area contributed by atoms with Gasteiger partial charge in [-0.3, -0.25) is 0 Å². The number of carbonyl (C=O) groups excluding carboxylic acids is 1. The minimum Gasteiger partial charge on any atom is -0.454 e. The number of aromatic nitrogens is 4. The maximum Gasteiger partial charge on any atom is 0.338 e. The first-order valence-corrected chi connectivity index (χ1v) is 5.32. The van der Waals surface area contributed by atoms with Gasteiger partial charge in [0.05, 0.1) is 12.6 Å². The van der Waals surface area contributed by atoms with Crippen molar-refractivity contribution in [2.75, 3.05) is 5.73 Å². The first kappa shape index (κ1) is 12.0. The monoisotopic (exact) mass is 247 g/mol. The number of nitrogens with two attached hydrogens (primary N) is 1. The summed E-state index contributed by atoms with van der Waals surface area (Å²) in [6.45, 7) is 1.83. The molecular weight excluding hydrogens is 234 g/mol. The minimum absolute atomic E-state index is 0.00387. The highest BCUT2D eigenvalue weighted by Crippen LogP contribution is 2.13. The second-order valence-corrected chi connectivity index (χ2v) is 3.84. The summed E-state index contributed by atoms with van der Waals surface area (Å²) < 4.78 is 5.06. The molecule has 0 aliphatic rings. The number of carbonyl (C=O) groups is 1. The molecule has 0 aliphatic carbocycles. The van der Waals surface area contributed by atoms with Gasteiger partial charge in [-0.1, -0.05) is 0 Å². The van der Waals surface area contributed by atoms with Crippen molar-refractivity contribution in [1.82, 2.24) is 20.2 Å². The van der Waals surface area contributed by atoms with Gasteiger partial charge in [-0.25, -0.2) is 4.79 Å². The van der Waals surface area contributed by atoms with Gasteiger partial charge >= 0.3 is 5.97 Å². The number of rotatable bonds is 3. The molecule has 0 fully saturated rings. The van der Waals surface area contributed by atoms with E-state index in [9.17, 15) is 4.79 Å². The molecule has 0 spiro atoms. The van der Waals surface area contributed by atoms with Crippen molar-refractivity contribution in [2.24, 2.45) is 7.05 Å². The van der Waals surface area contributed by atoms with Crippen LogP contribution in [0.15, 0.2) is 18.2 Å². The van der Waals surface area contributed by atoms with Crippen LogP contribution in [0.3, 0.4) is 0 Å². The summed E-state index contributed by atoms with van der Waals surface area (Å²) in [6, 6.07) is 4.98. The van der Waals surface area contributed by atoms with Crippen molar-refractivity contribution >= 4 is 11.7 Å². The largest absolute Gasteiger partial charge is 0.454 e. The Morgan fingerprint density at radius 1 is 1.50 bits per heavy atom. The van der Waals surface area contributed by atoms with Gasteiger partial charge in [-0.2, -0.15) is 4.80 Å². The predicted molar refractivity (Wildman–Crippen MR) is 63.5 cm³/mol. The molecule has 7 heteroatoms. The van der Waals surface area contributed by atoms with E-state index in [1.54, 1.807) is 25.2 Å². The zero-order valence-corrected chi connectivity index (χ0v) is 10.1. The average Bonchev–Trinajstić information content (AvgIpc) is 2.75. The lowest BCUT2D eigenvalue weighted by molar-refractivity contribution is 0.0462. The van der Waals surface area contributed by atoms with Crippen molar-refractivity contribution in [3.8, 4) is 0 Å². The van der Waals surface area contributed by atoms with Crippen LogP contribution in [0.2, 0.25) is 0 Å². The minimum atomic E-state index is -0.439. The SMILES string of the molecule is Cc1cc(C(=O)OCc2nnn(C)n2)ccc1N. The second kappa shape index (κ2) is 4.82. The molecule has 0 aliphatic heterocycles. The van der Waals surface area contributed by atoms with Crippen LogP contribution in [-0.2, 0) is 18.4 Å². The molecule has 2 N–H and O–H groups in total. The van der Waals surface area contributed by atoms with Crippen molar-refractivity contribution < 1.29 is 9.53 Å². The molecule has 0 unspecified atom stereocenters. The molecule has 0 amide bonds. The summed E-state index contributed by atoms with van der Waals surface area (Å²) >= 11 is 0. The topological polar surface area (TPSA) is 95.9 Å². The molecule has 0 saturated carbocycles. The third kappa shape index (κ3) is 2.62. The van der Waals surface area contributed by atoms with Gasteiger partial charge in [-0.15, -0.1) is 10.2 Å². The maximum absolute atomic E-state index is 11.7. The van der Waals surface area contributed by atoms with Crippen LogP contribution >= 0.6 is 0 Å². The molecular formula is C11H13N5O2. The van der Waals surface area contributed by atoms with E-state index in [0.717, 1.165) is 5.56 Å². The fraction of sp³-hybridized carbons (Fsp3) is 0.273. The van der Waals surface area contributed by atoms with Crippen molar-refractivity contribution in [2.45, 2.75) is 13.5 Å². The third-order valence-corrected chi connectivity index (χ3v) is 2.39. The molecule has 1 heterocycles. The summed E-state index contributed by atoms with van der Waals surface area (Å²) in [7, 11) is 1.64. The smallest absolute Gasteiger partial charge is 0.338 e. The number of anilines is 1. The molecule has 1 aromatic heterocycles. The van der Waals surface area contributed by atoms with Gasteiger partial charge in [0.25, 0.3) is 0 Å². The van der Waals surface area contributed by atoms with Gasteiger partial charge in [0.2, 0.25) is 5.82 Å². The molecule has 2 rings (SSSR count). The van der Waals surface area contributed by atoms with E-state index in [1.165, 1.54) is 4.80 Å². The molecule has 2 aromatic rings. The highest BCUT2D eigenvalue weighted by Gasteiger charge is 2.10. The van der Waals surface area contributed by atoms with Crippen LogP contribution in [0.1, 0.15) is 21.7 Å². The Morgan fingerprint density at radius 3 is 2.89 bits per heavy atom. The number of tetrazole rings is 1. The van der Waals surface area contributed by atoms with Crippen molar-refractivity contribution in [1.29, 1.82) is 0 Å². The summed E-state index contributed by atoms with van der Waals surface area (Å²) in [4.78, 5) is 13.0. The Bertz CT molecular complexity index is 579. The molecule has 0 radical (unpaired) electrons. The Kier molecular flexibility index (Phi) is 3.22. The lowest BCUT2D eigenvalue weighted by atomic mass is 10.1. The second-order valence-electron chi connectivity index (χ2n) is 3.84. The van der Waals surface area contributed by atoms with E-state index in [-0.39, 0.29) is 6.61 Å². The Morgan fingerprint density at radius 2 is 2.28 bits per heavy atom. The van der Waals surface area contributed by atoms with E-state index in [0.29, 0.717) is 17.1 Å². The molecule has 0 saturated heterocycles. The fourth-order valence-electron chi connectivity index (χ4n) is 1.40. The van der Waals surface area contributed by atoms with Crippen LogP contribution < -0.4 is 5.73 Å². The van der Waals surface area contributed by atoms with Crippen LogP contribution in [0, 0.1) is 6.92 Å². The van der Waals surface area contributed by atoms with E-state index >= 15 is 0 Å². The Labute approximate surface area is 104 Å². The summed E-state index contributed by atoms with van der Waals surface area (Å²) in [6.07, 6.45) is 0. The number of aryl methyl sites for hydroxylation is 2. The zero-order chi connectivity index (χ0) is 13.1. The lowest BCUT2D eigenvalue weighted by Crippen LogP contribution is -2.07. The van der Waals surface area contributed by atoms with Crippen LogP contribution in [0.5, 0.6) is 0 Å². The average molecular weight is 247 g/mol. The Hall–Kier alpha value is -2.44. The zero-order valence-electron chi connectivity index (χ0n) is 10.1. The van der Waals surface area contributed by atoms with Crippen LogP contribution in [0.4, 0.5) is 5.69 Å². The van der Waals surface area contributed by atoms with E-state index in [2.05, 4.69) is 15.4 Å². The maximum atomic E-state index is 11.7. The number of hydrogen-bond acceptors (Lipinski definition) is 6. The summed E-state index contributed by atoms with van der Waals surface area (Å²) in [5.41, 5.74) is 7.60. The lowest BCUT2D eigenvalue weighted by Gasteiger charge is -2.04. The van der Waals surface area contributed by atoms with Crippen molar-refractivity contribution in [3.63, 3.8) is 0 Å². The van der Waals surface area contributed by atoms with E-state index < -0.39 is 5.97 Å². The first-order chi connectivity index (χ1) is 8.56. The highest BCUT2D eigenvalue weighted by atomic mass is 16.5. The third-order valence-electron chi connectivity index (χ3n) is 2.39. The van der Waals surface area contributed by atoms with E-state index in [1.807, 2.05) is 6.92 Å². The van der Waals surface area contributed by atoms with Gasteiger partial charge in [0.15, 0.2) is 6.61 Å². The number of nitrogen functional groups attached to an aromatic ring is 1. The first-order valence-electron chi connectivity index (χ1n) is 5.32. The summed E-state index contributed by atoms with van der Waals surface area (Å²) in [5.74, 6) is -0.0800. The van der Waals surface area contributed by atoms with Gasteiger partial charge in [-0.05, 0) is 35.9 Å². The number of nitrogens with zero attached hydrogens (tertiary/aromatic N) is 4. The fourth-order valence-corrected chi connectivity index (χ4v) is 1.40. The Balaban J connectivity index is 2.01. The predicted octanol–water partition coefficient (Wildman–Crippen LogP) is 0.458.